The van der Waals surface area contributed by atoms with Gasteiger partial charge in [0.05, 0.1) is 57.6 Å². The second-order valence-corrected chi connectivity index (χ2v) is 6.98. The molecule has 0 aliphatic carbocycles. The minimum absolute atomic E-state index is 0.557. The van der Waals surface area contributed by atoms with E-state index in [0.29, 0.717) is 28.7 Å². The topological polar surface area (TPSA) is 77.7 Å². The van der Waals surface area contributed by atoms with Crippen LogP contribution in [-0.2, 0) is 0 Å². The average molecular weight is 406 g/mol. The van der Waals surface area contributed by atoms with Crippen LogP contribution in [0.15, 0.2) is 30.3 Å². The molecular formula is C23H22N2O5. The second kappa shape index (κ2) is 6.66. The van der Waals surface area contributed by atoms with Crippen LogP contribution in [0.4, 0.5) is 0 Å². The van der Waals surface area contributed by atoms with Crippen LogP contribution in [0.5, 0.6) is 28.7 Å². The van der Waals surface area contributed by atoms with Crippen molar-refractivity contribution >= 4 is 43.6 Å². The fourth-order valence-corrected chi connectivity index (χ4v) is 4.27. The van der Waals surface area contributed by atoms with Crippen molar-refractivity contribution in [1.29, 1.82) is 0 Å². The van der Waals surface area contributed by atoms with Gasteiger partial charge in [-0.3, -0.25) is 0 Å². The number of hydrogen-bond acceptors (Lipinski definition) is 5. The first-order valence-corrected chi connectivity index (χ1v) is 9.45. The minimum atomic E-state index is 0.557. The zero-order valence-corrected chi connectivity index (χ0v) is 17.4. The van der Waals surface area contributed by atoms with Gasteiger partial charge in [0, 0.05) is 27.6 Å². The van der Waals surface area contributed by atoms with E-state index < -0.39 is 0 Å². The Morgan fingerprint density at radius 3 is 1.70 bits per heavy atom. The number of H-pyrrole nitrogens is 2. The Bertz CT molecular complexity index is 1430. The number of rotatable bonds is 5. The maximum Gasteiger partial charge on any atom is 0.205 e. The summed E-state index contributed by atoms with van der Waals surface area (Å²) in [6.45, 7) is 0. The summed E-state index contributed by atoms with van der Waals surface area (Å²) >= 11 is 0. The SMILES string of the molecule is COc1cc2[nH]c3c(ccc4c5cc(OC)c(OC)c(OC)c5[nH]c43)c2cc1OC. The molecule has 154 valence electrons. The predicted octanol–water partition coefficient (Wildman–Crippen LogP) is 5.00. The Balaban J connectivity index is 1.91. The summed E-state index contributed by atoms with van der Waals surface area (Å²) in [5, 5.41) is 4.20. The lowest BCUT2D eigenvalue weighted by Crippen LogP contribution is -1.95. The van der Waals surface area contributed by atoms with E-state index in [-0.39, 0.29) is 0 Å². The maximum atomic E-state index is 5.67. The highest BCUT2D eigenvalue weighted by atomic mass is 16.5. The fraction of sp³-hybridized carbons (Fsp3) is 0.217. The van der Waals surface area contributed by atoms with E-state index in [1.165, 1.54) is 0 Å². The van der Waals surface area contributed by atoms with Crippen molar-refractivity contribution in [3.05, 3.63) is 30.3 Å². The molecule has 5 aromatic rings. The molecule has 2 aromatic heterocycles. The summed E-state index contributed by atoms with van der Waals surface area (Å²) in [6, 6.07) is 10.1. The highest BCUT2D eigenvalue weighted by molar-refractivity contribution is 6.22. The van der Waals surface area contributed by atoms with Gasteiger partial charge >= 0.3 is 0 Å². The van der Waals surface area contributed by atoms with Gasteiger partial charge < -0.3 is 33.7 Å². The van der Waals surface area contributed by atoms with Gasteiger partial charge in [-0.15, -0.1) is 0 Å². The van der Waals surface area contributed by atoms with Crippen molar-refractivity contribution in [3.8, 4) is 28.7 Å². The molecule has 0 bridgehead atoms. The quantitative estimate of drug-likeness (QED) is 0.430. The molecule has 7 nitrogen and oxygen atoms in total. The van der Waals surface area contributed by atoms with Crippen molar-refractivity contribution in [2.45, 2.75) is 0 Å². The second-order valence-electron chi connectivity index (χ2n) is 6.98. The Hall–Kier alpha value is -3.74. The first kappa shape index (κ1) is 18.3. The molecule has 0 saturated carbocycles. The molecule has 7 heteroatoms. The van der Waals surface area contributed by atoms with Crippen molar-refractivity contribution in [1.82, 2.24) is 9.97 Å². The van der Waals surface area contributed by atoms with Crippen molar-refractivity contribution in [2.75, 3.05) is 35.5 Å². The predicted molar refractivity (Wildman–Crippen MR) is 118 cm³/mol. The summed E-state index contributed by atoms with van der Waals surface area (Å²) in [4.78, 5) is 7.06. The molecule has 0 spiro atoms. The van der Waals surface area contributed by atoms with E-state index in [0.717, 1.165) is 43.6 Å². The van der Waals surface area contributed by atoms with Gasteiger partial charge in [-0.25, -0.2) is 0 Å². The molecule has 5 rings (SSSR count). The number of methoxy groups -OCH3 is 5. The fourth-order valence-electron chi connectivity index (χ4n) is 4.27. The highest BCUT2D eigenvalue weighted by Crippen LogP contribution is 2.46. The number of hydrogen-bond donors (Lipinski definition) is 2. The maximum absolute atomic E-state index is 5.67. The summed E-state index contributed by atoms with van der Waals surface area (Å²) in [6.07, 6.45) is 0. The van der Waals surface area contributed by atoms with E-state index in [4.69, 9.17) is 23.7 Å². The van der Waals surface area contributed by atoms with Gasteiger partial charge in [-0.1, -0.05) is 12.1 Å². The molecule has 0 radical (unpaired) electrons. The minimum Gasteiger partial charge on any atom is -0.493 e. The van der Waals surface area contributed by atoms with Crippen LogP contribution >= 0.6 is 0 Å². The van der Waals surface area contributed by atoms with E-state index in [1.54, 1.807) is 35.5 Å². The average Bonchev–Trinajstić information content (AvgIpc) is 3.33. The molecule has 2 N–H and O–H groups in total. The number of aromatic amines is 2. The summed E-state index contributed by atoms with van der Waals surface area (Å²) < 4.78 is 27.7. The van der Waals surface area contributed by atoms with Crippen LogP contribution in [0, 0.1) is 0 Å². The number of nitrogens with one attached hydrogen (secondary N) is 2. The molecule has 2 heterocycles. The molecule has 0 aliphatic rings. The monoisotopic (exact) mass is 406 g/mol. The zero-order chi connectivity index (χ0) is 21.0. The molecule has 0 atom stereocenters. The first-order valence-electron chi connectivity index (χ1n) is 9.45. The largest absolute Gasteiger partial charge is 0.493 e. The number of aromatic nitrogens is 2. The van der Waals surface area contributed by atoms with Crippen LogP contribution < -0.4 is 23.7 Å². The van der Waals surface area contributed by atoms with E-state index in [1.807, 2.05) is 18.2 Å². The number of benzene rings is 3. The lowest BCUT2D eigenvalue weighted by atomic mass is 10.1. The standard InChI is InChI=1S/C23H22N2O5/c1-26-16-8-13-11-6-7-12-14-9-18(28-3)22(29-4)23(30-5)21(14)25-20(12)19(11)24-15(13)10-17(16)27-2/h6-10,24-25H,1-5H3. The zero-order valence-electron chi connectivity index (χ0n) is 17.4. The van der Waals surface area contributed by atoms with Gasteiger partial charge in [0.25, 0.3) is 0 Å². The number of fused-ring (bicyclic) bond motifs is 7. The van der Waals surface area contributed by atoms with E-state index in [2.05, 4.69) is 22.1 Å². The van der Waals surface area contributed by atoms with Crippen molar-refractivity contribution < 1.29 is 23.7 Å². The summed E-state index contributed by atoms with van der Waals surface area (Å²) in [5.41, 5.74) is 3.79. The van der Waals surface area contributed by atoms with Gasteiger partial charge in [-0.2, -0.15) is 0 Å². The van der Waals surface area contributed by atoms with Crippen LogP contribution in [0.2, 0.25) is 0 Å². The summed E-state index contributed by atoms with van der Waals surface area (Å²) in [5.74, 6) is 3.16. The lowest BCUT2D eigenvalue weighted by Gasteiger charge is -2.12. The molecule has 30 heavy (non-hydrogen) atoms. The van der Waals surface area contributed by atoms with Crippen LogP contribution in [-0.4, -0.2) is 45.5 Å². The van der Waals surface area contributed by atoms with Crippen molar-refractivity contribution in [2.24, 2.45) is 0 Å². The third kappa shape index (κ3) is 2.32. The first-order chi connectivity index (χ1) is 14.6. The Morgan fingerprint density at radius 1 is 0.500 bits per heavy atom. The van der Waals surface area contributed by atoms with Gasteiger partial charge in [0.15, 0.2) is 23.0 Å². The third-order valence-electron chi connectivity index (χ3n) is 5.65. The normalized spacial score (nSPS) is 11.5. The molecule has 0 fully saturated rings. The van der Waals surface area contributed by atoms with Crippen LogP contribution in [0.3, 0.4) is 0 Å². The number of ether oxygens (including phenoxy) is 5. The molecule has 0 aliphatic heterocycles. The Labute approximate surface area is 172 Å². The molecule has 0 amide bonds. The third-order valence-corrected chi connectivity index (χ3v) is 5.65. The van der Waals surface area contributed by atoms with Crippen LogP contribution in [0.1, 0.15) is 0 Å². The smallest absolute Gasteiger partial charge is 0.205 e. The van der Waals surface area contributed by atoms with Crippen LogP contribution in [0.25, 0.3) is 43.6 Å². The molecule has 0 unspecified atom stereocenters. The molecular weight excluding hydrogens is 384 g/mol. The lowest BCUT2D eigenvalue weighted by molar-refractivity contribution is 0.327. The summed E-state index contributed by atoms with van der Waals surface area (Å²) in [7, 11) is 8.12. The Kier molecular flexibility index (Phi) is 4.06. The van der Waals surface area contributed by atoms with E-state index in [9.17, 15) is 0 Å². The van der Waals surface area contributed by atoms with Gasteiger partial charge in [0.1, 0.15) is 0 Å². The van der Waals surface area contributed by atoms with E-state index >= 15 is 0 Å². The highest BCUT2D eigenvalue weighted by Gasteiger charge is 2.21. The molecule has 3 aromatic carbocycles. The van der Waals surface area contributed by atoms with Gasteiger partial charge in [-0.05, 0) is 12.1 Å². The van der Waals surface area contributed by atoms with Gasteiger partial charge in [0.2, 0.25) is 5.75 Å². The van der Waals surface area contributed by atoms with Crippen molar-refractivity contribution in [3.63, 3.8) is 0 Å². The molecule has 0 saturated heterocycles. The Morgan fingerprint density at radius 2 is 1.07 bits per heavy atom.